The van der Waals surface area contributed by atoms with E-state index in [0.29, 0.717) is 12.0 Å². The zero-order valence-corrected chi connectivity index (χ0v) is 21.6. The van der Waals surface area contributed by atoms with Gasteiger partial charge in [-0.3, -0.25) is 0 Å². The number of quaternary nitrogens is 1. The summed E-state index contributed by atoms with van der Waals surface area (Å²) in [6.07, 6.45) is -0.0966. The second-order valence-corrected chi connectivity index (χ2v) is 10.8. The number of ether oxygens (including phenoxy) is 2. The van der Waals surface area contributed by atoms with Crippen LogP contribution in [0.4, 0.5) is 0 Å². The van der Waals surface area contributed by atoms with Crippen molar-refractivity contribution < 1.29 is 34.4 Å². The van der Waals surface area contributed by atoms with E-state index in [1.165, 1.54) is 43.4 Å². The van der Waals surface area contributed by atoms with Crippen LogP contribution in [0, 0.1) is 6.92 Å². The highest BCUT2D eigenvalue weighted by Crippen LogP contribution is 2.33. The molecule has 0 radical (unpaired) electrons. The van der Waals surface area contributed by atoms with Gasteiger partial charge >= 0.3 is 0 Å². The van der Waals surface area contributed by atoms with Crippen LogP contribution in [0.25, 0.3) is 0 Å². The van der Waals surface area contributed by atoms with Crippen molar-refractivity contribution in [1.82, 2.24) is 0 Å². The van der Waals surface area contributed by atoms with E-state index in [0.717, 1.165) is 35.5 Å². The Morgan fingerprint density at radius 1 is 0.944 bits per heavy atom. The Bertz CT molecular complexity index is 972. The van der Waals surface area contributed by atoms with Gasteiger partial charge in [-0.2, -0.15) is 0 Å². The monoisotopic (exact) mass is 500 g/mol. The number of aryl methyl sites for hydroxylation is 1. The molecule has 0 spiro atoms. The van der Waals surface area contributed by atoms with E-state index in [-0.39, 0.29) is 0 Å². The summed E-state index contributed by atoms with van der Waals surface area (Å²) in [5.41, 5.74) is 4.04. The normalized spacial score (nSPS) is 27.8. The molecule has 2 aromatic rings. The number of aliphatic hydroxyl groups excluding tert-OH is 4. The van der Waals surface area contributed by atoms with Crippen molar-refractivity contribution in [1.29, 1.82) is 0 Å². The third kappa shape index (κ3) is 6.46. The van der Waals surface area contributed by atoms with E-state index in [1.807, 2.05) is 37.3 Å². The van der Waals surface area contributed by atoms with Crippen molar-refractivity contribution in [3.8, 4) is 5.75 Å². The number of rotatable bonds is 10. The zero-order chi connectivity index (χ0) is 25.7. The topological polar surface area (TPSA) is 99.4 Å². The summed E-state index contributed by atoms with van der Waals surface area (Å²) in [4.78, 5) is 0. The summed E-state index contributed by atoms with van der Waals surface area (Å²) in [6, 6.07) is 14.0. The molecule has 0 amide bonds. The molecule has 0 saturated carbocycles. The summed E-state index contributed by atoms with van der Waals surface area (Å²) in [7, 11) is 2.37. The Kier molecular flexibility index (Phi) is 9.04. The number of nitrogens with zero attached hydrogens (tertiary/aromatic N) is 1. The molecule has 7 heteroatoms. The molecule has 4 rings (SSSR count). The lowest BCUT2D eigenvalue weighted by Crippen LogP contribution is -2.55. The van der Waals surface area contributed by atoms with E-state index < -0.39 is 37.1 Å². The van der Waals surface area contributed by atoms with Crippen LogP contribution in [0.2, 0.25) is 0 Å². The van der Waals surface area contributed by atoms with Gasteiger partial charge in [0, 0.05) is 12.8 Å². The average Bonchev–Trinajstić information content (AvgIpc) is 3.31. The highest BCUT2D eigenvalue weighted by molar-refractivity contribution is 5.38. The van der Waals surface area contributed by atoms with Gasteiger partial charge in [0.25, 0.3) is 0 Å². The predicted octanol–water partition coefficient (Wildman–Crippen LogP) is 2.50. The van der Waals surface area contributed by atoms with E-state index in [1.54, 1.807) is 0 Å². The summed E-state index contributed by atoms with van der Waals surface area (Å²) in [5.74, 6) is 0.882. The average molecular weight is 501 g/mol. The van der Waals surface area contributed by atoms with Gasteiger partial charge in [-0.25, -0.2) is 0 Å². The summed E-state index contributed by atoms with van der Waals surface area (Å²) in [5, 5.41) is 40.2. The largest absolute Gasteiger partial charge is 0.494 e. The molecule has 4 N–H and O–H groups in total. The molecule has 2 heterocycles. The molecule has 2 aliphatic heterocycles. The fourth-order valence-electron chi connectivity index (χ4n) is 5.47. The molecule has 0 unspecified atom stereocenters. The maximum absolute atomic E-state index is 10.5. The Morgan fingerprint density at radius 3 is 2.36 bits per heavy atom. The first kappa shape index (κ1) is 27.0. The first-order valence-electron chi connectivity index (χ1n) is 13.2. The fourth-order valence-corrected chi connectivity index (χ4v) is 5.47. The number of benzene rings is 2. The Balaban J connectivity index is 1.32. The Hall–Kier alpha value is -2.00. The zero-order valence-electron chi connectivity index (χ0n) is 21.6. The maximum Gasteiger partial charge on any atom is 0.119 e. The fraction of sp³-hybridized carbons (Fsp3) is 0.586. The molecular weight excluding hydrogens is 458 g/mol. The van der Waals surface area contributed by atoms with Crippen LogP contribution >= 0.6 is 0 Å². The number of unbranched alkanes of at least 4 members (excludes halogenated alkanes) is 1. The van der Waals surface area contributed by atoms with Gasteiger partial charge in [-0.15, -0.1) is 0 Å². The van der Waals surface area contributed by atoms with Crippen LogP contribution in [0.5, 0.6) is 5.75 Å². The molecule has 0 bridgehead atoms. The van der Waals surface area contributed by atoms with E-state index in [4.69, 9.17) is 9.47 Å². The minimum absolute atomic E-state index is 0.437. The van der Waals surface area contributed by atoms with Gasteiger partial charge in [0.1, 0.15) is 36.3 Å². The summed E-state index contributed by atoms with van der Waals surface area (Å²) >= 11 is 0. The molecule has 0 aliphatic carbocycles. The number of hydrogen-bond donors (Lipinski definition) is 4. The van der Waals surface area contributed by atoms with Crippen molar-refractivity contribution >= 4 is 0 Å². The Morgan fingerprint density at radius 2 is 1.67 bits per heavy atom. The maximum atomic E-state index is 10.5. The van der Waals surface area contributed by atoms with Crippen molar-refractivity contribution in [3.05, 3.63) is 64.7 Å². The van der Waals surface area contributed by atoms with Gasteiger partial charge in [-0.1, -0.05) is 30.3 Å². The van der Waals surface area contributed by atoms with Gasteiger partial charge in [0.2, 0.25) is 0 Å². The highest BCUT2D eigenvalue weighted by atomic mass is 16.5. The summed E-state index contributed by atoms with van der Waals surface area (Å²) < 4.78 is 12.9. The lowest BCUT2D eigenvalue weighted by atomic mass is 9.89. The third-order valence-electron chi connectivity index (χ3n) is 7.92. The van der Waals surface area contributed by atoms with Crippen LogP contribution in [0.15, 0.2) is 42.5 Å². The lowest BCUT2D eigenvalue weighted by Gasteiger charge is -2.40. The number of likely N-dealkylation sites (tertiary alicyclic amines) is 1. The molecule has 7 nitrogen and oxygen atoms in total. The second kappa shape index (κ2) is 12.0. The standard InChI is InChI=1S/C29H42NO6/c1-20-7-10-22(29-28(34)27(33)26(32)25(19-31)36-29)18-23(20)17-21-8-11-24(12-9-21)35-16-6-5-15-30(2)13-3-4-14-30/h7-12,18,25-29,31-34H,3-6,13-17,19H2,1-2H3/q+1/t25-,26-,27+,28-,29+/m1/s1. The first-order chi connectivity index (χ1) is 17.3. The smallest absolute Gasteiger partial charge is 0.119 e. The predicted molar refractivity (Wildman–Crippen MR) is 138 cm³/mol. The van der Waals surface area contributed by atoms with Gasteiger partial charge in [0.15, 0.2) is 0 Å². The minimum Gasteiger partial charge on any atom is -0.494 e. The molecule has 0 aromatic heterocycles. The van der Waals surface area contributed by atoms with Crippen LogP contribution in [0.3, 0.4) is 0 Å². The molecule has 36 heavy (non-hydrogen) atoms. The molecule has 198 valence electrons. The van der Waals surface area contributed by atoms with Crippen LogP contribution in [-0.4, -0.2) is 89.2 Å². The van der Waals surface area contributed by atoms with Crippen molar-refractivity contribution in [2.24, 2.45) is 0 Å². The van der Waals surface area contributed by atoms with Crippen molar-refractivity contribution in [2.45, 2.75) is 69.5 Å². The van der Waals surface area contributed by atoms with Gasteiger partial charge in [0.05, 0.1) is 39.9 Å². The summed E-state index contributed by atoms with van der Waals surface area (Å²) in [6.45, 7) is 6.20. The SMILES string of the molecule is Cc1ccc([C@@H]2O[C@H](CO)[C@@H](O)[C@H](O)[C@H]2O)cc1Cc1ccc(OCCCC[N+]2(C)CCCC2)cc1. The molecule has 2 aromatic carbocycles. The molecule has 2 fully saturated rings. The van der Waals surface area contributed by atoms with Gasteiger partial charge < -0.3 is 34.4 Å². The second-order valence-electron chi connectivity index (χ2n) is 10.8. The van der Waals surface area contributed by atoms with E-state index in [9.17, 15) is 20.4 Å². The number of hydrogen-bond acceptors (Lipinski definition) is 6. The van der Waals surface area contributed by atoms with Crippen LogP contribution in [-0.2, 0) is 11.2 Å². The molecule has 2 saturated heterocycles. The van der Waals surface area contributed by atoms with E-state index >= 15 is 0 Å². The molecule has 5 atom stereocenters. The lowest BCUT2D eigenvalue weighted by molar-refractivity contribution is -0.897. The highest BCUT2D eigenvalue weighted by Gasteiger charge is 2.44. The Labute approximate surface area is 214 Å². The van der Waals surface area contributed by atoms with Crippen LogP contribution in [0.1, 0.15) is 54.0 Å². The third-order valence-corrected chi connectivity index (χ3v) is 7.92. The first-order valence-corrected chi connectivity index (χ1v) is 13.2. The van der Waals surface area contributed by atoms with E-state index in [2.05, 4.69) is 19.2 Å². The molecular formula is C29H42NO6+. The van der Waals surface area contributed by atoms with Crippen molar-refractivity contribution in [2.75, 3.05) is 39.9 Å². The quantitative estimate of drug-likeness (QED) is 0.296. The minimum atomic E-state index is -1.39. The van der Waals surface area contributed by atoms with Crippen LogP contribution < -0.4 is 4.74 Å². The molecule has 2 aliphatic rings. The van der Waals surface area contributed by atoms with Crippen molar-refractivity contribution in [3.63, 3.8) is 0 Å². The number of aliphatic hydroxyl groups is 4. The van der Waals surface area contributed by atoms with Gasteiger partial charge in [-0.05, 0) is 60.6 Å².